The average Bonchev–Trinajstić information content (AvgIpc) is 2.16. The molecule has 0 aromatic carbocycles. The summed E-state index contributed by atoms with van der Waals surface area (Å²) in [6, 6.07) is 3.24. The molecule has 74 valence electrons. The molecule has 0 saturated heterocycles. The molecule has 0 aliphatic carbocycles. The number of pyridine rings is 1. The smallest absolute Gasteiger partial charge is 0.260 e. The molecule has 0 atom stereocenters. The first kappa shape index (κ1) is 9.62. The van der Waals surface area contributed by atoms with Crippen molar-refractivity contribution in [3.05, 3.63) is 33.0 Å². The van der Waals surface area contributed by atoms with Crippen molar-refractivity contribution in [3.63, 3.8) is 0 Å². The van der Waals surface area contributed by atoms with Gasteiger partial charge in [0.15, 0.2) is 5.65 Å². The molecule has 0 bridgehead atoms. The SMILES string of the molecule is Cc1nc2nc(Cl)c(C#N)cc2c(=O)[nH]1. The van der Waals surface area contributed by atoms with Crippen molar-refractivity contribution >= 4 is 22.6 Å². The van der Waals surface area contributed by atoms with Gasteiger partial charge in [0, 0.05) is 0 Å². The van der Waals surface area contributed by atoms with Gasteiger partial charge in [-0.3, -0.25) is 4.79 Å². The van der Waals surface area contributed by atoms with E-state index in [0.717, 1.165) is 0 Å². The quantitative estimate of drug-likeness (QED) is 0.675. The van der Waals surface area contributed by atoms with E-state index in [4.69, 9.17) is 16.9 Å². The minimum atomic E-state index is -0.321. The van der Waals surface area contributed by atoms with Gasteiger partial charge in [0.25, 0.3) is 5.56 Å². The van der Waals surface area contributed by atoms with Gasteiger partial charge in [-0.2, -0.15) is 5.26 Å². The highest BCUT2D eigenvalue weighted by Crippen LogP contribution is 2.15. The normalized spacial score (nSPS) is 10.2. The van der Waals surface area contributed by atoms with E-state index in [1.807, 2.05) is 6.07 Å². The Balaban J connectivity index is 2.95. The lowest BCUT2D eigenvalue weighted by Gasteiger charge is -1.99. The van der Waals surface area contributed by atoms with E-state index in [2.05, 4.69) is 15.0 Å². The molecule has 6 heteroatoms. The monoisotopic (exact) mass is 220 g/mol. The second-order valence-corrected chi connectivity index (χ2v) is 3.32. The maximum Gasteiger partial charge on any atom is 0.260 e. The number of aryl methyl sites for hydroxylation is 1. The van der Waals surface area contributed by atoms with E-state index < -0.39 is 0 Å². The summed E-state index contributed by atoms with van der Waals surface area (Å²) < 4.78 is 0. The molecular weight excluding hydrogens is 216 g/mol. The van der Waals surface area contributed by atoms with Crippen LogP contribution in [0.4, 0.5) is 0 Å². The second kappa shape index (κ2) is 3.33. The fourth-order valence-electron chi connectivity index (χ4n) is 1.23. The summed E-state index contributed by atoms with van der Waals surface area (Å²) in [5.74, 6) is 0.459. The molecular formula is C9H5ClN4O. The zero-order valence-corrected chi connectivity index (χ0v) is 8.46. The van der Waals surface area contributed by atoms with E-state index in [9.17, 15) is 4.79 Å². The highest BCUT2D eigenvalue weighted by atomic mass is 35.5. The van der Waals surface area contributed by atoms with Crippen LogP contribution >= 0.6 is 11.6 Å². The Morgan fingerprint density at radius 3 is 2.93 bits per heavy atom. The summed E-state index contributed by atoms with van der Waals surface area (Å²) in [6.45, 7) is 1.65. The predicted molar refractivity (Wildman–Crippen MR) is 54.6 cm³/mol. The predicted octanol–water partition coefficient (Wildman–Crippen LogP) is 1.15. The summed E-state index contributed by atoms with van der Waals surface area (Å²) >= 11 is 5.72. The maximum absolute atomic E-state index is 11.5. The number of rotatable bonds is 0. The molecule has 5 nitrogen and oxygen atoms in total. The van der Waals surface area contributed by atoms with Crippen molar-refractivity contribution in [1.29, 1.82) is 5.26 Å². The molecule has 0 amide bonds. The molecule has 15 heavy (non-hydrogen) atoms. The van der Waals surface area contributed by atoms with Gasteiger partial charge >= 0.3 is 0 Å². The standard InChI is InChI=1S/C9H5ClN4O/c1-4-12-8-6(9(15)13-4)2-5(3-11)7(10)14-8/h2H,1H3,(H,12,13,14,15). The molecule has 2 rings (SSSR count). The van der Waals surface area contributed by atoms with Crippen LogP contribution in [0.3, 0.4) is 0 Å². The third-order valence-electron chi connectivity index (χ3n) is 1.89. The van der Waals surface area contributed by atoms with Gasteiger partial charge in [-0.1, -0.05) is 11.6 Å². The van der Waals surface area contributed by atoms with E-state index in [-0.39, 0.29) is 27.3 Å². The number of H-pyrrole nitrogens is 1. The van der Waals surface area contributed by atoms with Crippen LogP contribution in [0.15, 0.2) is 10.9 Å². The van der Waals surface area contributed by atoms with Crippen LogP contribution in [-0.4, -0.2) is 15.0 Å². The lowest BCUT2D eigenvalue weighted by molar-refractivity contribution is 1.04. The van der Waals surface area contributed by atoms with Gasteiger partial charge in [-0.15, -0.1) is 0 Å². The van der Waals surface area contributed by atoms with Crippen molar-refractivity contribution in [2.24, 2.45) is 0 Å². The molecule has 0 radical (unpaired) electrons. The van der Waals surface area contributed by atoms with Crippen molar-refractivity contribution in [2.45, 2.75) is 6.92 Å². The number of fused-ring (bicyclic) bond motifs is 1. The number of nitrogens with one attached hydrogen (secondary N) is 1. The topological polar surface area (TPSA) is 82.4 Å². The number of nitrogens with zero attached hydrogens (tertiary/aromatic N) is 3. The summed E-state index contributed by atoms with van der Waals surface area (Å²) in [5.41, 5.74) is 0.0961. The van der Waals surface area contributed by atoms with Crippen molar-refractivity contribution in [2.75, 3.05) is 0 Å². The molecule has 0 aliphatic heterocycles. The minimum Gasteiger partial charge on any atom is -0.310 e. The Hall–Kier alpha value is -1.93. The zero-order chi connectivity index (χ0) is 11.0. The fraction of sp³-hybridized carbons (Fsp3) is 0.111. The van der Waals surface area contributed by atoms with Gasteiger partial charge in [-0.25, -0.2) is 9.97 Å². The highest BCUT2D eigenvalue weighted by Gasteiger charge is 2.08. The Morgan fingerprint density at radius 2 is 2.27 bits per heavy atom. The first-order valence-corrected chi connectivity index (χ1v) is 4.47. The van der Waals surface area contributed by atoms with Crippen LogP contribution in [0.25, 0.3) is 11.0 Å². The molecule has 2 aromatic heterocycles. The number of aromatic nitrogens is 3. The van der Waals surface area contributed by atoms with Gasteiger partial charge in [-0.05, 0) is 13.0 Å². The number of halogens is 1. The van der Waals surface area contributed by atoms with Crippen LogP contribution in [0.5, 0.6) is 0 Å². The minimum absolute atomic E-state index is 0.0579. The lowest BCUT2D eigenvalue weighted by Crippen LogP contribution is -2.11. The lowest BCUT2D eigenvalue weighted by atomic mass is 10.2. The highest BCUT2D eigenvalue weighted by molar-refractivity contribution is 6.30. The van der Waals surface area contributed by atoms with E-state index in [0.29, 0.717) is 5.82 Å². The number of nitriles is 1. The first-order chi connectivity index (χ1) is 7.11. The summed E-state index contributed by atoms with van der Waals surface area (Å²) in [5, 5.41) is 9.04. The largest absolute Gasteiger partial charge is 0.310 e. The molecule has 1 N–H and O–H groups in total. The third-order valence-corrected chi connectivity index (χ3v) is 2.18. The van der Waals surface area contributed by atoms with E-state index in [1.54, 1.807) is 6.92 Å². The van der Waals surface area contributed by atoms with Crippen molar-refractivity contribution in [3.8, 4) is 6.07 Å². The Labute approximate surface area is 89.4 Å². The zero-order valence-electron chi connectivity index (χ0n) is 7.71. The maximum atomic E-state index is 11.5. The van der Waals surface area contributed by atoms with Crippen molar-refractivity contribution < 1.29 is 0 Å². The van der Waals surface area contributed by atoms with Gasteiger partial charge in [0.2, 0.25) is 0 Å². The summed E-state index contributed by atoms with van der Waals surface area (Å²) in [6.07, 6.45) is 0. The van der Waals surface area contributed by atoms with Crippen LogP contribution in [-0.2, 0) is 0 Å². The van der Waals surface area contributed by atoms with Gasteiger partial charge < -0.3 is 4.98 Å². The first-order valence-electron chi connectivity index (χ1n) is 4.09. The van der Waals surface area contributed by atoms with Crippen LogP contribution < -0.4 is 5.56 Å². The van der Waals surface area contributed by atoms with Crippen molar-refractivity contribution in [1.82, 2.24) is 15.0 Å². The molecule has 0 aliphatic rings. The third kappa shape index (κ3) is 1.55. The van der Waals surface area contributed by atoms with E-state index in [1.165, 1.54) is 6.07 Å². The molecule has 2 aromatic rings. The Bertz CT molecular complexity index is 641. The number of aromatic amines is 1. The molecule has 0 saturated carbocycles. The van der Waals surface area contributed by atoms with Crippen LogP contribution in [0, 0.1) is 18.3 Å². The van der Waals surface area contributed by atoms with E-state index >= 15 is 0 Å². The average molecular weight is 221 g/mol. The van der Waals surface area contributed by atoms with Gasteiger partial charge in [0.05, 0.1) is 10.9 Å². The number of hydrogen-bond acceptors (Lipinski definition) is 4. The molecule has 0 fully saturated rings. The summed E-state index contributed by atoms with van der Waals surface area (Å²) in [4.78, 5) is 21.9. The molecule has 0 unspecified atom stereocenters. The Morgan fingerprint density at radius 1 is 1.53 bits per heavy atom. The van der Waals surface area contributed by atoms with Crippen LogP contribution in [0.2, 0.25) is 5.15 Å². The number of hydrogen-bond donors (Lipinski definition) is 1. The molecule has 0 spiro atoms. The molecule has 2 heterocycles. The Kier molecular flexibility index (Phi) is 2.14. The second-order valence-electron chi connectivity index (χ2n) is 2.96. The van der Waals surface area contributed by atoms with Gasteiger partial charge in [0.1, 0.15) is 17.0 Å². The summed E-state index contributed by atoms with van der Waals surface area (Å²) in [7, 11) is 0. The van der Waals surface area contributed by atoms with Crippen LogP contribution in [0.1, 0.15) is 11.4 Å². The fourth-order valence-corrected chi connectivity index (χ4v) is 1.41.